The minimum Gasteiger partial charge on any atom is -0.396 e. The molecule has 0 saturated carbocycles. The number of aliphatic hydroxyl groups excluding tert-OH is 1. The Morgan fingerprint density at radius 3 is 1.26 bits per heavy atom. The summed E-state index contributed by atoms with van der Waals surface area (Å²) in [6.45, 7) is 5.84. The monoisotopic (exact) mass is 330 g/mol. The van der Waals surface area contributed by atoms with E-state index in [9.17, 15) is 0 Å². The fourth-order valence-corrected chi connectivity index (χ4v) is 2.65. The van der Waals surface area contributed by atoms with E-state index in [0.29, 0.717) is 6.61 Å². The molecule has 0 heterocycles. The highest BCUT2D eigenvalue weighted by Gasteiger charge is 1.94. The fourth-order valence-electron chi connectivity index (χ4n) is 2.65. The van der Waals surface area contributed by atoms with Crippen LogP contribution in [-0.4, -0.2) is 38.1 Å². The van der Waals surface area contributed by atoms with Crippen LogP contribution in [-0.2, 0) is 9.47 Å². The van der Waals surface area contributed by atoms with Crippen molar-refractivity contribution in [3.05, 3.63) is 0 Å². The molecule has 3 nitrogen and oxygen atoms in total. The summed E-state index contributed by atoms with van der Waals surface area (Å²) < 4.78 is 11.1. The number of hydrogen-bond donors (Lipinski definition) is 1. The molecule has 0 radical (unpaired) electrons. The molecule has 0 aliphatic rings. The van der Waals surface area contributed by atoms with Crippen molar-refractivity contribution in [3.63, 3.8) is 0 Å². The van der Waals surface area contributed by atoms with Crippen molar-refractivity contribution < 1.29 is 14.6 Å². The van der Waals surface area contributed by atoms with E-state index in [-0.39, 0.29) is 6.61 Å². The Morgan fingerprint density at radius 2 is 0.826 bits per heavy atom. The van der Waals surface area contributed by atoms with Gasteiger partial charge in [-0.25, -0.2) is 0 Å². The van der Waals surface area contributed by atoms with E-state index in [1.807, 2.05) is 0 Å². The molecule has 0 aromatic carbocycles. The molecule has 0 aliphatic carbocycles. The quantitative estimate of drug-likeness (QED) is 0.300. The van der Waals surface area contributed by atoms with Gasteiger partial charge in [0.25, 0.3) is 0 Å². The molecule has 0 atom stereocenters. The fraction of sp³-hybridized carbons (Fsp3) is 1.00. The SMILES string of the molecule is CCCCCCCCCCCCOCCCCCOCCCO. The van der Waals surface area contributed by atoms with Crippen molar-refractivity contribution in [1.29, 1.82) is 0 Å². The number of hydrogen-bond acceptors (Lipinski definition) is 3. The van der Waals surface area contributed by atoms with Gasteiger partial charge >= 0.3 is 0 Å². The highest BCUT2D eigenvalue weighted by atomic mass is 16.5. The van der Waals surface area contributed by atoms with Gasteiger partial charge in [-0.15, -0.1) is 0 Å². The summed E-state index contributed by atoms with van der Waals surface area (Å²) in [5, 5.41) is 8.61. The molecule has 3 heteroatoms. The van der Waals surface area contributed by atoms with E-state index < -0.39 is 0 Å². The van der Waals surface area contributed by atoms with Crippen LogP contribution >= 0.6 is 0 Å². The summed E-state index contributed by atoms with van der Waals surface area (Å²) in [4.78, 5) is 0. The maximum absolute atomic E-state index is 8.61. The van der Waals surface area contributed by atoms with Gasteiger partial charge in [0.1, 0.15) is 0 Å². The second-order valence-electron chi connectivity index (χ2n) is 6.54. The molecule has 0 aromatic heterocycles. The molecule has 1 N–H and O–H groups in total. The van der Waals surface area contributed by atoms with Gasteiger partial charge in [-0.3, -0.25) is 0 Å². The number of unbranched alkanes of at least 4 members (excludes halogenated alkanes) is 11. The standard InChI is InChI=1S/C20H42O3/c1-2-3-4-5-6-7-8-9-10-12-17-22-18-13-11-14-19-23-20-15-16-21/h21H,2-20H2,1H3. The van der Waals surface area contributed by atoms with Gasteiger partial charge in [0.2, 0.25) is 0 Å². The second kappa shape index (κ2) is 21.9. The van der Waals surface area contributed by atoms with Crippen molar-refractivity contribution in [3.8, 4) is 0 Å². The average molecular weight is 331 g/mol. The first kappa shape index (κ1) is 22.9. The third kappa shape index (κ3) is 21.9. The van der Waals surface area contributed by atoms with E-state index in [0.717, 1.165) is 39.1 Å². The highest BCUT2D eigenvalue weighted by Crippen LogP contribution is 2.10. The first-order valence-electron chi connectivity index (χ1n) is 10.2. The summed E-state index contributed by atoms with van der Waals surface area (Å²) in [7, 11) is 0. The van der Waals surface area contributed by atoms with Gasteiger partial charge < -0.3 is 14.6 Å². The van der Waals surface area contributed by atoms with Crippen molar-refractivity contribution >= 4 is 0 Å². The van der Waals surface area contributed by atoms with E-state index in [1.165, 1.54) is 70.6 Å². The van der Waals surface area contributed by atoms with E-state index in [1.54, 1.807) is 0 Å². The molecule has 0 bridgehead atoms. The third-order valence-electron chi connectivity index (χ3n) is 4.17. The lowest BCUT2D eigenvalue weighted by Crippen LogP contribution is -2.01. The maximum Gasteiger partial charge on any atom is 0.0487 e. The van der Waals surface area contributed by atoms with Crippen LogP contribution in [0.5, 0.6) is 0 Å². The molecule has 0 spiro atoms. The number of ether oxygens (including phenoxy) is 2. The topological polar surface area (TPSA) is 38.7 Å². The van der Waals surface area contributed by atoms with Gasteiger partial charge in [0.05, 0.1) is 0 Å². The minimum atomic E-state index is 0.229. The van der Waals surface area contributed by atoms with E-state index in [2.05, 4.69) is 6.92 Å². The van der Waals surface area contributed by atoms with Crippen LogP contribution in [0.2, 0.25) is 0 Å². The zero-order chi connectivity index (χ0) is 16.8. The Hall–Kier alpha value is -0.120. The zero-order valence-corrected chi connectivity index (χ0v) is 15.7. The molecule has 0 rings (SSSR count). The molecule has 0 aliphatic heterocycles. The van der Waals surface area contributed by atoms with Crippen molar-refractivity contribution in [2.24, 2.45) is 0 Å². The van der Waals surface area contributed by atoms with Crippen LogP contribution in [0.4, 0.5) is 0 Å². The first-order valence-corrected chi connectivity index (χ1v) is 10.2. The Kier molecular flexibility index (Phi) is 21.8. The Balaban J connectivity index is 2.92. The van der Waals surface area contributed by atoms with Gasteiger partial charge in [-0.05, 0) is 32.1 Å². The van der Waals surface area contributed by atoms with Crippen molar-refractivity contribution in [1.82, 2.24) is 0 Å². The summed E-state index contributed by atoms with van der Waals surface area (Å²) in [6.07, 6.45) is 18.0. The largest absolute Gasteiger partial charge is 0.396 e. The van der Waals surface area contributed by atoms with Crippen molar-refractivity contribution in [2.75, 3.05) is 33.0 Å². The molecule has 0 amide bonds. The molecule has 0 fully saturated rings. The number of rotatable bonds is 20. The average Bonchev–Trinajstić information content (AvgIpc) is 2.57. The zero-order valence-electron chi connectivity index (χ0n) is 15.7. The lowest BCUT2D eigenvalue weighted by molar-refractivity contribution is 0.104. The van der Waals surface area contributed by atoms with Crippen LogP contribution in [0.3, 0.4) is 0 Å². The first-order chi connectivity index (χ1) is 11.4. The summed E-state index contributed by atoms with van der Waals surface area (Å²) in [5.41, 5.74) is 0. The van der Waals surface area contributed by atoms with E-state index >= 15 is 0 Å². The molecule has 0 aromatic rings. The molecule has 23 heavy (non-hydrogen) atoms. The van der Waals surface area contributed by atoms with Crippen molar-refractivity contribution in [2.45, 2.75) is 96.8 Å². The molecule has 140 valence electrons. The van der Waals surface area contributed by atoms with E-state index in [4.69, 9.17) is 14.6 Å². The van der Waals surface area contributed by atoms with Gasteiger partial charge in [0, 0.05) is 33.0 Å². The Labute approximate surface area is 145 Å². The summed E-state index contributed by atoms with van der Waals surface area (Å²) in [5.74, 6) is 0. The lowest BCUT2D eigenvalue weighted by Gasteiger charge is -2.05. The van der Waals surface area contributed by atoms with Crippen LogP contribution in [0, 0.1) is 0 Å². The summed E-state index contributed by atoms with van der Waals surface area (Å²) >= 11 is 0. The predicted molar refractivity (Wildman–Crippen MR) is 99.0 cm³/mol. The summed E-state index contributed by atoms with van der Waals surface area (Å²) in [6, 6.07) is 0. The van der Waals surface area contributed by atoms with Gasteiger partial charge in [-0.2, -0.15) is 0 Å². The lowest BCUT2D eigenvalue weighted by atomic mass is 10.1. The normalized spacial score (nSPS) is 11.2. The van der Waals surface area contributed by atoms with Crippen LogP contribution in [0.1, 0.15) is 96.8 Å². The molecule has 0 saturated heterocycles. The van der Waals surface area contributed by atoms with Crippen LogP contribution in [0.15, 0.2) is 0 Å². The van der Waals surface area contributed by atoms with Gasteiger partial charge in [0.15, 0.2) is 0 Å². The van der Waals surface area contributed by atoms with Crippen LogP contribution < -0.4 is 0 Å². The second-order valence-corrected chi connectivity index (χ2v) is 6.54. The van der Waals surface area contributed by atoms with Crippen LogP contribution in [0.25, 0.3) is 0 Å². The molecular formula is C20H42O3. The predicted octanol–water partition coefficient (Wildman–Crippen LogP) is 5.49. The Bertz CT molecular complexity index is 177. The minimum absolute atomic E-state index is 0.229. The smallest absolute Gasteiger partial charge is 0.0487 e. The number of aliphatic hydroxyl groups is 1. The molecule has 0 unspecified atom stereocenters. The maximum atomic E-state index is 8.61. The highest BCUT2D eigenvalue weighted by molar-refractivity contribution is 4.48. The molecular weight excluding hydrogens is 288 g/mol. The Morgan fingerprint density at radius 1 is 0.478 bits per heavy atom. The third-order valence-corrected chi connectivity index (χ3v) is 4.17. The van der Waals surface area contributed by atoms with Gasteiger partial charge in [-0.1, -0.05) is 64.7 Å².